The van der Waals surface area contributed by atoms with Crippen LogP contribution in [0.3, 0.4) is 0 Å². The summed E-state index contributed by atoms with van der Waals surface area (Å²) in [4.78, 5) is 6.93. The molecule has 0 saturated carbocycles. The zero-order chi connectivity index (χ0) is 21.9. The molecule has 32 heavy (non-hydrogen) atoms. The predicted octanol–water partition coefficient (Wildman–Crippen LogP) is 4.07. The van der Waals surface area contributed by atoms with Crippen molar-refractivity contribution in [2.75, 3.05) is 36.5 Å². The van der Waals surface area contributed by atoms with Gasteiger partial charge in [0.2, 0.25) is 0 Å². The number of anilines is 2. The summed E-state index contributed by atoms with van der Waals surface area (Å²) in [6.45, 7) is 7.93. The normalized spacial score (nSPS) is 17.7. The van der Waals surface area contributed by atoms with E-state index in [9.17, 15) is 5.26 Å². The van der Waals surface area contributed by atoms with Crippen molar-refractivity contribution < 1.29 is 4.74 Å². The predicted molar refractivity (Wildman–Crippen MR) is 124 cm³/mol. The lowest BCUT2D eigenvalue weighted by molar-refractivity contribution is -0.127. The van der Waals surface area contributed by atoms with Gasteiger partial charge in [-0.2, -0.15) is 5.26 Å². The zero-order valence-electron chi connectivity index (χ0n) is 18.2. The summed E-state index contributed by atoms with van der Waals surface area (Å²) < 4.78 is 7.25. The number of hydrogen-bond acceptors (Lipinski definition) is 6. The fourth-order valence-corrected chi connectivity index (χ4v) is 5.00. The second-order valence-corrected chi connectivity index (χ2v) is 9.12. The first-order valence-corrected chi connectivity index (χ1v) is 10.9. The Morgan fingerprint density at radius 2 is 2.03 bits per heavy atom. The summed E-state index contributed by atoms with van der Waals surface area (Å²) in [5, 5.41) is 20.0. The fraction of sp³-hybridized carbons (Fsp3) is 0.320. The number of nitriles is 1. The van der Waals surface area contributed by atoms with Crippen molar-refractivity contribution in [2.24, 2.45) is 5.41 Å². The number of rotatable bonds is 4. The van der Waals surface area contributed by atoms with Gasteiger partial charge in [0.05, 0.1) is 36.3 Å². The Balaban J connectivity index is 1.40. The molecule has 1 unspecified atom stereocenters. The van der Waals surface area contributed by atoms with E-state index >= 15 is 0 Å². The summed E-state index contributed by atoms with van der Waals surface area (Å²) in [6, 6.07) is 14.7. The molecule has 0 bridgehead atoms. The minimum absolute atomic E-state index is 0.0111. The Morgan fingerprint density at radius 3 is 2.78 bits per heavy atom. The van der Waals surface area contributed by atoms with Crippen LogP contribution in [0.25, 0.3) is 16.4 Å². The lowest BCUT2D eigenvalue weighted by Gasteiger charge is -2.56. The van der Waals surface area contributed by atoms with Crippen molar-refractivity contribution >= 4 is 27.9 Å². The van der Waals surface area contributed by atoms with Gasteiger partial charge in [-0.1, -0.05) is 12.1 Å². The van der Waals surface area contributed by atoms with Gasteiger partial charge in [0.1, 0.15) is 0 Å². The first-order chi connectivity index (χ1) is 15.6. The fourth-order valence-electron chi connectivity index (χ4n) is 5.00. The topological polar surface area (TPSA) is 78.5 Å². The number of aromatic nitrogens is 3. The quantitative estimate of drug-likeness (QED) is 0.532. The van der Waals surface area contributed by atoms with E-state index in [1.165, 1.54) is 5.69 Å². The van der Waals surface area contributed by atoms with Crippen molar-refractivity contribution in [1.29, 1.82) is 5.26 Å². The van der Waals surface area contributed by atoms with Crippen LogP contribution in [0.2, 0.25) is 0 Å². The lowest BCUT2D eigenvalue weighted by Crippen LogP contribution is -2.66. The van der Waals surface area contributed by atoms with Crippen molar-refractivity contribution in [3.63, 3.8) is 0 Å². The van der Waals surface area contributed by atoms with Crippen LogP contribution in [-0.2, 0) is 4.74 Å². The van der Waals surface area contributed by atoms with Crippen molar-refractivity contribution in [3.8, 4) is 6.07 Å². The minimum atomic E-state index is -0.0111. The van der Waals surface area contributed by atoms with E-state index in [4.69, 9.17) is 9.84 Å². The summed E-state index contributed by atoms with van der Waals surface area (Å²) in [5.41, 5.74) is 5.20. The first-order valence-electron chi connectivity index (χ1n) is 10.9. The maximum atomic E-state index is 9.42. The molecule has 1 atom stereocenters. The number of hydrogen-bond donors (Lipinski definition) is 1. The first kappa shape index (κ1) is 19.1. The van der Waals surface area contributed by atoms with E-state index < -0.39 is 0 Å². The molecular formula is C25H24N6O. The van der Waals surface area contributed by atoms with Gasteiger partial charge >= 0.3 is 0 Å². The number of benzene rings is 2. The zero-order valence-corrected chi connectivity index (χ0v) is 18.2. The van der Waals surface area contributed by atoms with Gasteiger partial charge in [-0.15, -0.1) is 5.10 Å². The molecule has 2 saturated heterocycles. The summed E-state index contributed by atoms with van der Waals surface area (Å²) in [7, 11) is 0. The van der Waals surface area contributed by atoms with Crippen LogP contribution in [0.4, 0.5) is 11.5 Å². The molecule has 2 fully saturated rings. The van der Waals surface area contributed by atoms with E-state index in [0.717, 1.165) is 59.7 Å². The highest BCUT2D eigenvalue weighted by Crippen LogP contribution is 2.41. The molecule has 1 N–H and O–H groups in total. The summed E-state index contributed by atoms with van der Waals surface area (Å²) >= 11 is 0. The average Bonchev–Trinajstić information content (AvgIpc) is 3.20. The molecule has 0 aliphatic carbocycles. The van der Waals surface area contributed by atoms with Crippen LogP contribution in [0, 0.1) is 23.7 Å². The van der Waals surface area contributed by atoms with E-state index in [0.29, 0.717) is 11.0 Å². The Labute approximate surface area is 186 Å². The molecule has 2 aromatic heterocycles. The molecule has 7 heteroatoms. The third kappa shape index (κ3) is 2.84. The SMILES string of the molecule is Cc1c(C#N)cccc1C(C)Nc1nn2ccnc2c2ccc(N3CC4(COC4)C3)cc12. The standard InChI is InChI=1S/C25H24N6O/c1-16-18(11-26)4-3-5-20(16)17(2)28-23-22-10-19(30-12-25(13-30)14-32-15-25)6-7-21(22)24-27-8-9-31(24)29-23/h3-10,17H,12-15H2,1-2H3,(H,28,29). The monoisotopic (exact) mass is 424 g/mol. The molecule has 1 spiro atoms. The highest BCUT2D eigenvalue weighted by molar-refractivity contribution is 6.01. The Morgan fingerprint density at radius 1 is 1.19 bits per heavy atom. The average molecular weight is 425 g/mol. The molecule has 0 radical (unpaired) electrons. The van der Waals surface area contributed by atoms with E-state index in [1.807, 2.05) is 29.8 Å². The number of nitrogens with one attached hydrogen (secondary N) is 1. The van der Waals surface area contributed by atoms with E-state index in [2.05, 4.69) is 52.5 Å². The third-order valence-electron chi connectivity index (χ3n) is 6.88. The minimum Gasteiger partial charge on any atom is -0.380 e. The number of fused-ring (bicyclic) bond motifs is 3. The van der Waals surface area contributed by atoms with Gasteiger partial charge in [-0.3, -0.25) is 0 Å². The highest BCUT2D eigenvalue weighted by atomic mass is 16.5. The van der Waals surface area contributed by atoms with Gasteiger partial charge in [-0.05, 0) is 49.2 Å². The Bertz CT molecular complexity index is 1390. The van der Waals surface area contributed by atoms with Crippen LogP contribution < -0.4 is 10.2 Å². The molecule has 4 aromatic rings. The smallest absolute Gasteiger partial charge is 0.161 e. The largest absolute Gasteiger partial charge is 0.380 e. The van der Waals surface area contributed by atoms with E-state index in [1.54, 1.807) is 6.20 Å². The van der Waals surface area contributed by atoms with Crippen LogP contribution >= 0.6 is 0 Å². The second kappa shape index (κ2) is 6.94. The van der Waals surface area contributed by atoms with Crippen molar-refractivity contribution in [2.45, 2.75) is 19.9 Å². The van der Waals surface area contributed by atoms with Gasteiger partial charge in [0.25, 0.3) is 0 Å². The molecule has 2 aliphatic heterocycles. The van der Waals surface area contributed by atoms with Crippen LogP contribution in [0.15, 0.2) is 48.8 Å². The van der Waals surface area contributed by atoms with Crippen LogP contribution in [0.5, 0.6) is 0 Å². The molecule has 6 rings (SSSR count). The van der Waals surface area contributed by atoms with E-state index in [-0.39, 0.29) is 6.04 Å². The molecule has 7 nitrogen and oxygen atoms in total. The lowest BCUT2D eigenvalue weighted by atomic mass is 9.77. The van der Waals surface area contributed by atoms with Gasteiger partial charge in [-0.25, -0.2) is 9.50 Å². The Hall–Kier alpha value is -3.63. The van der Waals surface area contributed by atoms with Crippen molar-refractivity contribution in [3.05, 3.63) is 65.5 Å². The van der Waals surface area contributed by atoms with Gasteiger partial charge in [0.15, 0.2) is 11.5 Å². The summed E-state index contributed by atoms with van der Waals surface area (Å²) in [5.74, 6) is 0.809. The van der Waals surface area contributed by atoms with Crippen LogP contribution in [0.1, 0.15) is 29.7 Å². The third-order valence-corrected chi connectivity index (χ3v) is 6.88. The number of imidazole rings is 1. The number of ether oxygens (including phenoxy) is 1. The molecule has 0 amide bonds. The molecule has 2 aliphatic rings. The molecular weight excluding hydrogens is 400 g/mol. The van der Waals surface area contributed by atoms with Gasteiger partial charge in [0, 0.05) is 41.9 Å². The maximum absolute atomic E-state index is 9.42. The number of nitrogens with zero attached hydrogens (tertiary/aromatic N) is 5. The summed E-state index contributed by atoms with van der Waals surface area (Å²) in [6.07, 6.45) is 3.65. The van der Waals surface area contributed by atoms with Gasteiger partial charge < -0.3 is 15.0 Å². The van der Waals surface area contributed by atoms with Crippen LogP contribution in [-0.4, -0.2) is 40.9 Å². The highest BCUT2D eigenvalue weighted by Gasteiger charge is 2.49. The maximum Gasteiger partial charge on any atom is 0.161 e. The second-order valence-electron chi connectivity index (χ2n) is 9.12. The van der Waals surface area contributed by atoms with Crippen molar-refractivity contribution in [1.82, 2.24) is 14.6 Å². The molecule has 160 valence electrons. The Kier molecular flexibility index (Phi) is 4.14. The molecule has 2 aromatic carbocycles. The molecule has 4 heterocycles.